The van der Waals surface area contributed by atoms with Crippen molar-refractivity contribution in [3.05, 3.63) is 0 Å². The maximum Gasteiger partial charge on any atom is 0.332 e. The fraction of sp³-hybridized carbons (Fsp3) is 0.706. The fourth-order valence-electron chi connectivity index (χ4n) is 1.18. The van der Waals surface area contributed by atoms with Gasteiger partial charge in [0, 0.05) is 6.92 Å². The summed E-state index contributed by atoms with van der Waals surface area (Å²) in [5, 5.41) is 67.6. The molecule has 0 aliphatic heterocycles. The van der Waals surface area contributed by atoms with Crippen LogP contribution in [0.1, 0.15) is 33.1 Å². The van der Waals surface area contributed by atoms with E-state index in [9.17, 15) is 24.3 Å². The van der Waals surface area contributed by atoms with Crippen molar-refractivity contribution in [2.24, 2.45) is 0 Å². The van der Waals surface area contributed by atoms with E-state index in [1.54, 1.807) is 6.92 Å². The number of carboxylic acid groups (broad SMARTS) is 5. The minimum absolute atomic E-state index is 0.273. The predicted molar refractivity (Wildman–Crippen MR) is 102 cm³/mol. The molecule has 1 unspecified atom stereocenters. The Kier molecular flexibility index (Phi) is 20.7. The lowest BCUT2D eigenvalue weighted by Gasteiger charge is -2.25. The SMILES string of the molecule is CC(=O)O.CCC(O)C(=O)O.C[N+](C)(C)CCO.O=C(O)CC(O)(CC(=O)O)C(=O)[O-]. The summed E-state index contributed by atoms with van der Waals surface area (Å²) in [5.74, 6) is -7.33. The molecule has 0 saturated heterocycles. The van der Waals surface area contributed by atoms with E-state index < -0.39 is 54.4 Å². The van der Waals surface area contributed by atoms with Gasteiger partial charge in [-0.1, -0.05) is 6.92 Å². The molecule has 0 heterocycles. The number of rotatable bonds is 9. The number of nitrogens with zero attached hydrogens (tertiary/aromatic N) is 1. The van der Waals surface area contributed by atoms with Crippen LogP contribution in [0, 0.1) is 0 Å². The number of likely N-dealkylation sites (N-methyl/N-ethyl adjacent to an activating group) is 1. The number of hydrogen-bond acceptors (Lipinski definition) is 9. The molecule has 0 bridgehead atoms. The number of aliphatic carboxylic acids is 5. The van der Waals surface area contributed by atoms with Gasteiger partial charge in [-0.2, -0.15) is 0 Å². The Labute approximate surface area is 179 Å². The van der Waals surface area contributed by atoms with Gasteiger partial charge in [-0.3, -0.25) is 14.4 Å². The van der Waals surface area contributed by atoms with E-state index in [-0.39, 0.29) is 13.0 Å². The average molecular weight is 459 g/mol. The quantitative estimate of drug-likeness (QED) is 0.170. The molecule has 7 N–H and O–H groups in total. The van der Waals surface area contributed by atoms with Crippen molar-refractivity contribution in [1.82, 2.24) is 0 Å². The lowest BCUT2D eigenvalue weighted by atomic mass is 9.96. The number of quaternary nitrogens is 1. The zero-order valence-electron chi connectivity index (χ0n) is 18.1. The van der Waals surface area contributed by atoms with Crippen LogP contribution in [0.25, 0.3) is 0 Å². The highest BCUT2D eigenvalue weighted by atomic mass is 16.4. The molecule has 0 aliphatic rings. The van der Waals surface area contributed by atoms with Crippen LogP contribution >= 0.6 is 0 Å². The second-order valence-electron chi connectivity index (χ2n) is 6.98. The highest BCUT2D eigenvalue weighted by Crippen LogP contribution is 2.14. The van der Waals surface area contributed by atoms with E-state index >= 15 is 0 Å². The molecule has 0 aliphatic carbocycles. The van der Waals surface area contributed by atoms with Gasteiger partial charge >= 0.3 is 17.9 Å². The molecule has 1 atom stereocenters. The number of hydrogen-bond donors (Lipinski definition) is 7. The van der Waals surface area contributed by atoms with E-state index in [1.807, 2.05) is 0 Å². The molecule has 0 fully saturated rings. The molecule has 0 aromatic carbocycles. The van der Waals surface area contributed by atoms with E-state index in [0.29, 0.717) is 0 Å². The van der Waals surface area contributed by atoms with Crippen LogP contribution in [0.15, 0.2) is 0 Å². The van der Waals surface area contributed by atoms with Gasteiger partial charge in [0.05, 0.1) is 46.6 Å². The Balaban J connectivity index is -0.000000172. The van der Waals surface area contributed by atoms with Crippen molar-refractivity contribution < 1.29 is 69.3 Å². The van der Waals surface area contributed by atoms with Gasteiger partial charge in [0.2, 0.25) is 0 Å². The molecule has 0 saturated carbocycles. The van der Waals surface area contributed by atoms with E-state index in [1.165, 1.54) is 0 Å². The van der Waals surface area contributed by atoms with Crippen LogP contribution < -0.4 is 5.11 Å². The first-order chi connectivity index (χ1) is 13.7. The van der Waals surface area contributed by atoms with E-state index in [0.717, 1.165) is 18.0 Å². The van der Waals surface area contributed by atoms with Crippen molar-refractivity contribution in [2.75, 3.05) is 34.3 Å². The van der Waals surface area contributed by atoms with Gasteiger partial charge in [0.25, 0.3) is 5.97 Å². The summed E-state index contributed by atoms with van der Waals surface area (Å²) in [7, 11) is 6.16. The topological polar surface area (TPSA) is 250 Å². The summed E-state index contributed by atoms with van der Waals surface area (Å²) >= 11 is 0. The normalized spacial score (nSPS) is 11.1. The molecular formula is C17H33NO13. The molecule has 0 spiro atoms. The Morgan fingerprint density at radius 1 is 0.935 bits per heavy atom. The predicted octanol–water partition coefficient (Wildman–Crippen LogP) is -2.97. The maximum atomic E-state index is 10.2. The van der Waals surface area contributed by atoms with Crippen molar-refractivity contribution in [3.63, 3.8) is 0 Å². The largest absolute Gasteiger partial charge is 0.547 e. The summed E-state index contributed by atoms with van der Waals surface area (Å²) < 4.78 is 0.844. The summed E-state index contributed by atoms with van der Waals surface area (Å²) in [6, 6.07) is 0. The minimum Gasteiger partial charge on any atom is -0.547 e. The lowest BCUT2D eigenvalue weighted by Crippen LogP contribution is -2.51. The van der Waals surface area contributed by atoms with E-state index in [2.05, 4.69) is 21.1 Å². The van der Waals surface area contributed by atoms with Gasteiger partial charge in [0.15, 0.2) is 6.10 Å². The number of carbonyl (C=O) groups excluding carboxylic acids is 1. The van der Waals surface area contributed by atoms with Crippen molar-refractivity contribution in [1.29, 1.82) is 0 Å². The number of carbonyl (C=O) groups is 5. The monoisotopic (exact) mass is 459 g/mol. The summed E-state index contributed by atoms with van der Waals surface area (Å²) in [6.45, 7) is 3.81. The summed E-state index contributed by atoms with van der Waals surface area (Å²) in [6.07, 6.45) is -3.32. The molecule has 0 radical (unpaired) electrons. The Morgan fingerprint density at radius 2 is 1.26 bits per heavy atom. The van der Waals surface area contributed by atoms with Crippen molar-refractivity contribution in [2.45, 2.75) is 44.8 Å². The zero-order chi connectivity index (χ0) is 26.0. The molecule has 0 aromatic rings. The second kappa shape index (κ2) is 18.0. The highest BCUT2D eigenvalue weighted by molar-refractivity contribution is 5.86. The van der Waals surface area contributed by atoms with Crippen LogP contribution in [-0.2, 0) is 24.0 Å². The average Bonchev–Trinajstić information content (AvgIpc) is 2.51. The van der Waals surface area contributed by atoms with Crippen LogP contribution in [-0.4, -0.2) is 116 Å². The first kappa shape index (κ1) is 35.6. The van der Waals surface area contributed by atoms with Crippen molar-refractivity contribution in [3.8, 4) is 0 Å². The first-order valence-corrected chi connectivity index (χ1v) is 8.64. The third-order valence-corrected chi connectivity index (χ3v) is 2.71. The summed E-state index contributed by atoms with van der Waals surface area (Å²) in [5.41, 5.74) is -2.85. The van der Waals surface area contributed by atoms with E-state index in [4.69, 9.17) is 40.5 Å². The zero-order valence-corrected chi connectivity index (χ0v) is 18.1. The molecule has 31 heavy (non-hydrogen) atoms. The molecule has 14 heteroatoms. The Bertz CT molecular complexity index is 549. The molecule has 0 amide bonds. The third-order valence-electron chi connectivity index (χ3n) is 2.71. The standard InChI is InChI=1S/C6H8O7.C5H14NO.C4H8O3.C2H4O2/c7-3(8)1-6(13,5(11)12)2-4(9)10;1-6(2,3)4-5-7;1-2-3(5)4(6)7;1-2(3)4/h13H,1-2H2,(H,7,8)(H,9,10)(H,11,12);7H,4-5H2,1-3H3;3,5H,2H2,1H3,(H,6,7);1H3,(H,3,4)/q;+1;;/p-1. The third kappa shape index (κ3) is 32.1. The molecule has 14 nitrogen and oxygen atoms in total. The molecule has 184 valence electrons. The number of aliphatic hydroxyl groups is 3. The van der Waals surface area contributed by atoms with Crippen LogP contribution in [0.2, 0.25) is 0 Å². The van der Waals surface area contributed by atoms with Gasteiger partial charge in [0.1, 0.15) is 12.1 Å². The number of carboxylic acids is 5. The lowest BCUT2D eigenvalue weighted by molar-refractivity contribution is -0.870. The Morgan fingerprint density at radius 3 is 1.32 bits per heavy atom. The fourth-order valence-corrected chi connectivity index (χ4v) is 1.18. The smallest absolute Gasteiger partial charge is 0.332 e. The minimum atomic E-state index is -2.85. The Hall–Kier alpha value is -2.81. The highest BCUT2D eigenvalue weighted by Gasteiger charge is 2.34. The molecule has 0 rings (SSSR count). The maximum absolute atomic E-state index is 10.2. The van der Waals surface area contributed by atoms with Crippen LogP contribution in [0.3, 0.4) is 0 Å². The van der Waals surface area contributed by atoms with Crippen LogP contribution in [0.5, 0.6) is 0 Å². The van der Waals surface area contributed by atoms with Gasteiger partial charge in [-0.05, 0) is 6.42 Å². The first-order valence-electron chi connectivity index (χ1n) is 8.64. The number of aliphatic hydroxyl groups excluding tert-OH is 2. The molecule has 0 aromatic heterocycles. The van der Waals surface area contributed by atoms with Gasteiger partial charge in [-0.15, -0.1) is 0 Å². The van der Waals surface area contributed by atoms with Crippen LogP contribution in [0.4, 0.5) is 0 Å². The van der Waals surface area contributed by atoms with Gasteiger partial charge < -0.3 is 50.1 Å². The summed E-state index contributed by atoms with van der Waals surface area (Å²) in [4.78, 5) is 49.0. The molecular weight excluding hydrogens is 426 g/mol. The second-order valence-corrected chi connectivity index (χ2v) is 6.98. The van der Waals surface area contributed by atoms with Gasteiger partial charge in [-0.25, -0.2) is 4.79 Å². The van der Waals surface area contributed by atoms with Crippen molar-refractivity contribution >= 4 is 29.8 Å².